The zero-order valence-corrected chi connectivity index (χ0v) is 10.1. The number of rotatable bonds is 5. The number of hydrogen-bond donors (Lipinski definition) is 0. The van der Waals surface area contributed by atoms with Gasteiger partial charge in [0.05, 0.1) is 13.2 Å². The summed E-state index contributed by atoms with van der Waals surface area (Å²) in [6, 6.07) is 5.67. The molecular formula is C14H18O3. The van der Waals surface area contributed by atoms with Crippen molar-refractivity contribution in [2.75, 3.05) is 7.11 Å². The van der Waals surface area contributed by atoms with Crippen molar-refractivity contribution in [3.8, 4) is 11.5 Å². The van der Waals surface area contributed by atoms with Gasteiger partial charge in [-0.1, -0.05) is 6.07 Å². The number of aldehydes is 1. The Balaban J connectivity index is 2.15. The summed E-state index contributed by atoms with van der Waals surface area (Å²) in [5.74, 6) is 1.50. The van der Waals surface area contributed by atoms with E-state index in [4.69, 9.17) is 9.47 Å². The van der Waals surface area contributed by atoms with Crippen LogP contribution < -0.4 is 9.47 Å². The standard InChI is InChI=1S/C14H18O3/c1-16-13-7-6-11(8-9-15)10-14(13)17-12-4-2-3-5-12/h6-7,9-10,12H,2-5,8H2,1H3. The Morgan fingerprint density at radius 3 is 2.71 bits per heavy atom. The molecule has 0 aromatic heterocycles. The third-order valence-corrected chi connectivity index (χ3v) is 3.14. The van der Waals surface area contributed by atoms with Gasteiger partial charge in [0.2, 0.25) is 0 Å². The molecule has 0 saturated heterocycles. The fraction of sp³-hybridized carbons (Fsp3) is 0.500. The molecule has 2 rings (SSSR count). The van der Waals surface area contributed by atoms with Gasteiger partial charge in [0.15, 0.2) is 11.5 Å². The second-order valence-electron chi connectivity index (χ2n) is 4.38. The molecule has 1 fully saturated rings. The molecule has 1 aliphatic rings. The number of carbonyl (C=O) groups excluding carboxylic acids is 1. The third kappa shape index (κ3) is 2.99. The van der Waals surface area contributed by atoms with Crippen LogP contribution in [0.5, 0.6) is 11.5 Å². The number of benzene rings is 1. The van der Waals surface area contributed by atoms with Crippen molar-refractivity contribution >= 4 is 6.29 Å². The highest BCUT2D eigenvalue weighted by Gasteiger charge is 2.18. The summed E-state index contributed by atoms with van der Waals surface area (Å²) < 4.78 is 11.2. The second kappa shape index (κ2) is 5.71. The van der Waals surface area contributed by atoms with E-state index in [9.17, 15) is 4.79 Å². The van der Waals surface area contributed by atoms with Crippen molar-refractivity contribution in [2.24, 2.45) is 0 Å². The van der Waals surface area contributed by atoms with Gasteiger partial charge in [-0.15, -0.1) is 0 Å². The number of carbonyl (C=O) groups is 1. The molecule has 1 aromatic rings. The Morgan fingerprint density at radius 1 is 1.29 bits per heavy atom. The predicted molar refractivity (Wildman–Crippen MR) is 65.6 cm³/mol. The minimum Gasteiger partial charge on any atom is -0.493 e. The van der Waals surface area contributed by atoms with Gasteiger partial charge in [-0.3, -0.25) is 0 Å². The van der Waals surface area contributed by atoms with Gasteiger partial charge >= 0.3 is 0 Å². The zero-order chi connectivity index (χ0) is 12.1. The van der Waals surface area contributed by atoms with Crippen LogP contribution in [0.4, 0.5) is 0 Å². The third-order valence-electron chi connectivity index (χ3n) is 3.14. The van der Waals surface area contributed by atoms with Gasteiger partial charge in [0.25, 0.3) is 0 Å². The van der Waals surface area contributed by atoms with E-state index in [0.29, 0.717) is 12.5 Å². The maximum atomic E-state index is 10.5. The Labute approximate surface area is 102 Å². The number of ether oxygens (including phenoxy) is 2. The van der Waals surface area contributed by atoms with Crippen molar-refractivity contribution in [1.29, 1.82) is 0 Å². The Morgan fingerprint density at radius 2 is 2.06 bits per heavy atom. The monoisotopic (exact) mass is 234 g/mol. The van der Waals surface area contributed by atoms with E-state index < -0.39 is 0 Å². The van der Waals surface area contributed by atoms with Gasteiger partial charge in [-0.2, -0.15) is 0 Å². The first-order chi connectivity index (χ1) is 8.33. The van der Waals surface area contributed by atoms with Crippen LogP contribution in [0.1, 0.15) is 31.2 Å². The molecule has 0 atom stereocenters. The molecule has 0 aliphatic heterocycles. The summed E-state index contributed by atoms with van der Waals surface area (Å²) in [5, 5.41) is 0. The molecule has 92 valence electrons. The van der Waals surface area contributed by atoms with Gasteiger partial charge in [-0.25, -0.2) is 0 Å². The predicted octanol–water partition coefficient (Wildman–Crippen LogP) is 2.76. The smallest absolute Gasteiger partial charge is 0.161 e. The van der Waals surface area contributed by atoms with Crippen molar-refractivity contribution in [1.82, 2.24) is 0 Å². The minimum absolute atomic E-state index is 0.301. The first-order valence-corrected chi connectivity index (χ1v) is 6.10. The molecule has 0 radical (unpaired) electrons. The zero-order valence-electron chi connectivity index (χ0n) is 10.1. The van der Waals surface area contributed by atoms with E-state index in [2.05, 4.69) is 0 Å². The van der Waals surface area contributed by atoms with Crippen molar-refractivity contribution in [3.05, 3.63) is 23.8 Å². The normalized spacial score (nSPS) is 15.8. The second-order valence-corrected chi connectivity index (χ2v) is 4.38. The van der Waals surface area contributed by atoms with E-state index >= 15 is 0 Å². The highest BCUT2D eigenvalue weighted by molar-refractivity contribution is 5.56. The van der Waals surface area contributed by atoms with E-state index in [-0.39, 0.29) is 0 Å². The van der Waals surface area contributed by atoms with Crippen LogP contribution in [0.2, 0.25) is 0 Å². The topological polar surface area (TPSA) is 35.5 Å². The number of methoxy groups -OCH3 is 1. The minimum atomic E-state index is 0.301. The highest BCUT2D eigenvalue weighted by atomic mass is 16.5. The molecule has 3 nitrogen and oxygen atoms in total. The Hall–Kier alpha value is -1.51. The lowest BCUT2D eigenvalue weighted by Gasteiger charge is -2.16. The van der Waals surface area contributed by atoms with E-state index in [1.165, 1.54) is 12.8 Å². The van der Waals surface area contributed by atoms with Gasteiger partial charge in [0.1, 0.15) is 6.29 Å². The van der Waals surface area contributed by atoms with Crippen molar-refractivity contribution in [3.63, 3.8) is 0 Å². The molecule has 1 aliphatic carbocycles. The molecular weight excluding hydrogens is 216 g/mol. The van der Waals surface area contributed by atoms with Crippen LogP contribution in [0.15, 0.2) is 18.2 Å². The Kier molecular flexibility index (Phi) is 4.02. The summed E-state index contributed by atoms with van der Waals surface area (Å²) in [6.07, 6.45) is 6.33. The average Bonchev–Trinajstić information content (AvgIpc) is 2.83. The number of hydrogen-bond acceptors (Lipinski definition) is 3. The van der Waals surface area contributed by atoms with Crippen LogP contribution in [-0.4, -0.2) is 19.5 Å². The lowest BCUT2D eigenvalue weighted by atomic mass is 10.1. The quantitative estimate of drug-likeness (QED) is 0.735. The van der Waals surface area contributed by atoms with Crippen LogP contribution in [0.3, 0.4) is 0 Å². The molecule has 1 aromatic carbocycles. The Bertz CT molecular complexity index is 381. The fourth-order valence-electron chi connectivity index (χ4n) is 2.22. The van der Waals surface area contributed by atoms with Gasteiger partial charge < -0.3 is 14.3 Å². The lowest BCUT2D eigenvalue weighted by molar-refractivity contribution is -0.107. The molecule has 1 saturated carbocycles. The summed E-state index contributed by atoms with van der Waals surface area (Å²) in [5.41, 5.74) is 0.966. The summed E-state index contributed by atoms with van der Waals surface area (Å²) in [6.45, 7) is 0. The van der Waals surface area contributed by atoms with Crippen LogP contribution >= 0.6 is 0 Å². The molecule has 0 N–H and O–H groups in total. The maximum absolute atomic E-state index is 10.5. The van der Waals surface area contributed by atoms with E-state index in [1.807, 2.05) is 18.2 Å². The average molecular weight is 234 g/mol. The summed E-state index contributed by atoms with van der Waals surface area (Å²) in [7, 11) is 1.64. The molecule has 0 spiro atoms. The maximum Gasteiger partial charge on any atom is 0.161 e. The summed E-state index contributed by atoms with van der Waals surface area (Å²) in [4.78, 5) is 10.5. The molecule has 17 heavy (non-hydrogen) atoms. The van der Waals surface area contributed by atoms with E-state index in [1.54, 1.807) is 7.11 Å². The van der Waals surface area contributed by atoms with Crippen LogP contribution in [0, 0.1) is 0 Å². The van der Waals surface area contributed by atoms with Crippen molar-refractivity contribution in [2.45, 2.75) is 38.2 Å². The molecule has 0 amide bonds. The lowest BCUT2D eigenvalue weighted by Crippen LogP contribution is -2.11. The molecule has 3 heteroatoms. The first kappa shape index (κ1) is 12.0. The highest BCUT2D eigenvalue weighted by Crippen LogP contribution is 2.32. The summed E-state index contributed by atoms with van der Waals surface area (Å²) >= 11 is 0. The fourth-order valence-corrected chi connectivity index (χ4v) is 2.22. The van der Waals surface area contributed by atoms with Gasteiger partial charge in [-0.05, 0) is 43.4 Å². The van der Waals surface area contributed by atoms with Gasteiger partial charge in [0, 0.05) is 6.42 Å². The largest absolute Gasteiger partial charge is 0.493 e. The van der Waals surface area contributed by atoms with Crippen LogP contribution in [-0.2, 0) is 11.2 Å². The molecule has 0 heterocycles. The molecule has 0 unspecified atom stereocenters. The SMILES string of the molecule is COc1ccc(CC=O)cc1OC1CCCC1. The van der Waals surface area contributed by atoms with Crippen molar-refractivity contribution < 1.29 is 14.3 Å². The first-order valence-electron chi connectivity index (χ1n) is 6.10. The van der Waals surface area contributed by atoms with Crippen LogP contribution in [0.25, 0.3) is 0 Å². The van der Waals surface area contributed by atoms with E-state index in [0.717, 1.165) is 36.2 Å². The molecule has 0 bridgehead atoms.